The van der Waals surface area contributed by atoms with Crippen LogP contribution in [0.3, 0.4) is 0 Å². The van der Waals surface area contributed by atoms with Crippen molar-refractivity contribution in [1.82, 2.24) is 20.3 Å². The number of carbonyl (C=O) groups is 1. The molecule has 182 valence electrons. The van der Waals surface area contributed by atoms with Gasteiger partial charge in [0.05, 0.1) is 19.4 Å². The third kappa shape index (κ3) is 7.40. The van der Waals surface area contributed by atoms with Crippen LogP contribution in [0.1, 0.15) is 61.3 Å². The maximum Gasteiger partial charge on any atom is 0.269 e. The summed E-state index contributed by atoms with van der Waals surface area (Å²) in [6.07, 6.45) is 3.63. The van der Waals surface area contributed by atoms with Crippen LogP contribution in [0, 0.1) is 16.7 Å². The number of piperidine rings is 1. The van der Waals surface area contributed by atoms with E-state index in [1.165, 1.54) is 11.8 Å². The molecule has 1 fully saturated rings. The molecular weight excluding hydrogens is 432 g/mol. The molecule has 9 nitrogen and oxygen atoms in total. The first kappa shape index (κ1) is 25.4. The van der Waals surface area contributed by atoms with E-state index in [-0.39, 0.29) is 23.0 Å². The van der Waals surface area contributed by atoms with Crippen LogP contribution in [0.25, 0.3) is 0 Å². The van der Waals surface area contributed by atoms with Crippen LogP contribution in [0.2, 0.25) is 0 Å². The number of nitrogens with one attached hydrogen (secondary N) is 2. The smallest absolute Gasteiger partial charge is 0.269 e. The number of aromatic nitrogens is 2. The summed E-state index contributed by atoms with van der Waals surface area (Å²) in [5.74, 6) is 0.439. The molecule has 0 atom stereocenters. The van der Waals surface area contributed by atoms with Crippen LogP contribution in [0.5, 0.6) is 5.88 Å². The molecular formula is C25H34N6O3. The van der Waals surface area contributed by atoms with Gasteiger partial charge < -0.3 is 14.4 Å². The minimum Gasteiger partial charge on any atom is -0.475 e. The molecule has 0 spiro atoms. The number of amides is 1. The Hall–Kier alpha value is -3.22. The van der Waals surface area contributed by atoms with Crippen LogP contribution in [-0.4, -0.2) is 60.7 Å². The van der Waals surface area contributed by atoms with Gasteiger partial charge in [-0.1, -0.05) is 32.9 Å². The number of hydrogen-bond donors (Lipinski definition) is 2. The predicted molar refractivity (Wildman–Crippen MR) is 130 cm³/mol. The third-order valence-corrected chi connectivity index (χ3v) is 5.65. The summed E-state index contributed by atoms with van der Waals surface area (Å²) >= 11 is 0. The Morgan fingerprint density at radius 2 is 1.94 bits per heavy atom. The fraction of sp³-hybridized carbons (Fsp3) is 0.520. The van der Waals surface area contributed by atoms with Gasteiger partial charge in [0.15, 0.2) is 0 Å². The molecule has 0 bridgehead atoms. The number of nitrogens with zero attached hydrogens (tertiary/aromatic N) is 4. The van der Waals surface area contributed by atoms with Gasteiger partial charge in [0.2, 0.25) is 11.7 Å². The van der Waals surface area contributed by atoms with Crippen molar-refractivity contribution in [3.63, 3.8) is 0 Å². The number of ether oxygens (including phenoxy) is 2. The van der Waals surface area contributed by atoms with Gasteiger partial charge in [-0.3, -0.25) is 15.6 Å². The summed E-state index contributed by atoms with van der Waals surface area (Å²) in [4.78, 5) is 23.2. The molecule has 2 heterocycles. The van der Waals surface area contributed by atoms with Gasteiger partial charge in [-0.2, -0.15) is 10.2 Å². The molecule has 1 aliphatic heterocycles. The van der Waals surface area contributed by atoms with Gasteiger partial charge in [0.1, 0.15) is 11.8 Å². The Bertz CT molecular complexity index is 989. The minimum atomic E-state index is -0.285. The normalized spacial score (nSPS) is 14.9. The molecule has 3 rings (SSSR count). The quantitative estimate of drug-likeness (QED) is 0.541. The molecule has 0 radical (unpaired) electrons. The maximum absolute atomic E-state index is 12.7. The second-order valence-electron chi connectivity index (χ2n) is 9.68. The molecule has 1 aromatic carbocycles. The number of hydrazine groups is 1. The lowest BCUT2D eigenvalue weighted by Gasteiger charge is -2.32. The van der Waals surface area contributed by atoms with E-state index < -0.39 is 0 Å². The highest BCUT2D eigenvalue weighted by Crippen LogP contribution is 2.28. The Balaban J connectivity index is 1.57. The Kier molecular flexibility index (Phi) is 8.79. The van der Waals surface area contributed by atoms with Crippen molar-refractivity contribution in [2.24, 2.45) is 5.41 Å². The van der Waals surface area contributed by atoms with E-state index in [1.54, 1.807) is 7.11 Å². The summed E-state index contributed by atoms with van der Waals surface area (Å²) in [7, 11) is 1.73. The van der Waals surface area contributed by atoms with Crippen molar-refractivity contribution in [1.29, 1.82) is 5.26 Å². The average molecular weight is 467 g/mol. The number of likely N-dealkylation sites (tertiary alicyclic amines) is 1. The second-order valence-corrected chi connectivity index (χ2v) is 9.68. The lowest BCUT2D eigenvalue weighted by molar-refractivity contribution is 0.0962. The van der Waals surface area contributed by atoms with E-state index in [2.05, 4.69) is 25.7 Å². The molecule has 1 saturated heterocycles. The third-order valence-electron chi connectivity index (χ3n) is 5.65. The highest BCUT2D eigenvalue weighted by Gasteiger charge is 2.21. The molecule has 2 N–H and O–H groups in total. The van der Waals surface area contributed by atoms with Crippen molar-refractivity contribution in [3.05, 3.63) is 47.4 Å². The first-order valence-electron chi connectivity index (χ1n) is 11.6. The summed E-state index contributed by atoms with van der Waals surface area (Å²) in [6.45, 7) is 10.3. The van der Waals surface area contributed by atoms with Gasteiger partial charge in [0.25, 0.3) is 5.91 Å². The van der Waals surface area contributed by atoms with Crippen LogP contribution in [-0.2, 0) is 4.74 Å². The predicted octanol–water partition coefficient (Wildman–Crippen LogP) is 3.36. The van der Waals surface area contributed by atoms with E-state index in [1.807, 2.05) is 51.1 Å². The fourth-order valence-electron chi connectivity index (χ4n) is 3.71. The van der Waals surface area contributed by atoms with Crippen LogP contribution < -0.4 is 15.6 Å². The zero-order chi connectivity index (χ0) is 24.6. The zero-order valence-corrected chi connectivity index (χ0v) is 20.4. The van der Waals surface area contributed by atoms with E-state index >= 15 is 0 Å². The van der Waals surface area contributed by atoms with Gasteiger partial charge in [0, 0.05) is 19.2 Å². The van der Waals surface area contributed by atoms with Gasteiger partial charge in [-0.05, 0) is 55.0 Å². The van der Waals surface area contributed by atoms with E-state index in [0.717, 1.165) is 39.1 Å². The largest absolute Gasteiger partial charge is 0.475 e. The van der Waals surface area contributed by atoms with Gasteiger partial charge in [-0.25, -0.2) is 4.98 Å². The Labute approximate surface area is 201 Å². The molecule has 1 aliphatic rings. The Morgan fingerprint density at radius 1 is 1.24 bits per heavy atom. The van der Waals surface area contributed by atoms with Crippen LogP contribution in [0.4, 0.5) is 5.69 Å². The highest BCUT2D eigenvalue weighted by molar-refractivity contribution is 5.95. The van der Waals surface area contributed by atoms with Crippen molar-refractivity contribution < 1.29 is 14.3 Å². The van der Waals surface area contributed by atoms with Crippen molar-refractivity contribution in [2.75, 3.05) is 45.4 Å². The summed E-state index contributed by atoms with van der Waals surface area (Å²) < 4.78 is 10.9. The van der Waals surface area contributed by atoms with E-state index in [0.29, 0.717) is 23.8 Å². The molecule has 9 heteroatoms. The summed E-state index contributed by atoms with van der Waals surface area (Å²) in [5.41, 5.74) is 7.58. The standard InChI is InChI=1S/C25H34N6O3/c1-25(2,3)17-34-24-21(16-27-22(15-26)28-24)29-30-23(32)20-7-5-18(6-8-20)19-9-11-31(12-10-19)13-14-33-4/h5-8,16,19,29H,9-14,17H2,1-4H3,(H,30,32). The summed E-state index contributed by atoms with van der Waals surface area (Å²) in [6, 6.07) is 9.66. The second kappa shape index (κ2) is 11.8. The molecule has 1 amide bonds. The molecule has 0 aliphatic carbocycles. The van der Waals surface area contributed by atoms with Gasteiger partial charge in [-0.15, -0.1) is 0 Å². The topological polar surface area (TPSA) is 112 Å². The van der Waals surface area contributed by atoms with E-state index in [9.17, 15) is 4.79 Å². The van der Waals surface area contributed by atoms with Crippen molar-refractivity contribution in [3.8, 4) is 11.9 Å². The van der Waals surface area contributed by atoms with Gasteiger partial charge >= 0.3 is 0 Å². The number of carbonyl (C=O) groups excluding carboxylic acids is 1. The fourth-order valence-corrected chi connectivity index (χ4v) is 3.71. The highest BCUT2D eigenvalue weighted by atomic mass is 16.5. The molecule has 34 heavy (non-hydrogen) atoms. The van der Waals surface area contributed by atoms with Crippen LogP contribution >= 0.6 is 0 Å². The minimum absolute atomic E-state index is 0.000838. The lowest BCUT2D eigenvalue weighted by atomic mass is 9.89. The molecule has 0 saturated carbocycles. The van der Waals surface area contributed by atoms with E-state index in [4.69, 9.17) is 14.7 Å². The number of rotatable bonds is 9. The molecule has 2 aromatic rings. The SMILES string of the molecule is COCCN1CCC(c2ccc(C(=O)NNc3cnc(C#N)nc3OCC(C)(C)C)cc2)CC1. The molecule has 1 aromatic heterocycles. The number of anilines is 1. The lowest BCUT2D eigenvalue weighted by Crippen LogP contribution is -2.35. The first-order chi connectivity index (χ1) is 16.3. The monoisotopic (exact) mass is 466 g/mol. The number of methoxy groups -OCH3 is 1. The number of benzene rings is 1. The average Bonchev–Trinajstić information content (AvgIpc) is 2.85. The van der Waals surface area contributed by atoms with Crippen LogP contribution in [0.15, 0.2) is 30.5 Å². The number of hydrogen-bond acceptors (Lipinski definition) is 8. The summed E-state index contributed by atoms with van der Waals surface area (Å²) in [5, 5.41) is 9.08. The Morgan fingerprint density at radius 3 is 2.56 bits per heavy atom. The first-order valence-corrected chi connectivity index (χ1v) is 11.6. The maximum atomic E-state index is 12.7. The zero-order valence-electron chi connectivity index (χ0n) is 20.4. The van der Waals surface area contributed by atoms with Crippen molar-refractivity contribution >= 4 is 11.6 Å². The molecule has 0 unspecified atom stereocenters. The van der Waals surface area contributed by atoms with Crippen molar-refractivity contribution in [2.45, 2.75) is 39.5 Å². The number of nitriles is 1.